The minimum atomic E-state index is 0.623. The third-order valence-corrected chi connectivity index (χ3v) is 5.78. The summed E-state index contributed by atoms with van der Waals surface area (Å²) in [6.07, 6.45) is 1.30. The fourth-order valence-electron chi connectivity index (χ4n) is 3.64. The molecule has 23 heavy (non-hydrogen) atoms. The number of benzene rings is 2. The van der Waals surface area contributed by atoms with Crippen molar-refractivity contribution in [3.05, 3.63) is 64.1 Å². The molecule has 1 saturated heterocycles. The van der Waals surface area contributed by atoms with Crippen LogP contribution in [0, 0.1) is 0 Å². The molecule has 1 saturated carbocycles. The molecule has 0 unspecified atom stereocenters. The van der Waals surface area contributed by atoms with E-state index in [-0.39, 0.29) is 0 Å². The van der Waals surface area contributed by atoms with Crippen LogP contribution in [0.4, 0.5) is 5.69 Å². The number of halogens is 2. The first-order valence-electron chi connectivity index (χ1n) is 8.21. The molecule has 0 bridgehead atoms. The van der Waals surface area contributed by atoms with E-state index >= 15 is 0 Å². The van der Waals surface area contributed by atoms with Crippen molar-refractivity contribution in [2.24, 2.45) is 0 Å². The molecule has 1 aliphatic heterocycles. The third kappa shape index (κ3) is 3.21. The number of piperazine rings is 1. The lowest BCUT2D eigenvalue weighted by Crippen LogP contribution is -2.47. The van der Waals surface area contributed by atoms with Gasteiger partial charge in [-0.15, -0.1) is 0 Å². The fourth-order valence-corrected chi connectivity index (χ4v) is 3.93. The summed E-state index contributed by atoms with van der Waals surface area (Å²) in [7, 11) is 0. The molecule has 0 N–H and O–H groups in total. The molecule has 4 rings (SSSR count). The monoisotopic (exact) mass is 346 g/mol. The summed E-state index contributed by atoms with van der Waals surface area (Å²) in [5, 5.41) is 1.26. The van der Waals surface area contributed by atoms with E-state index in [0.29, 0.717) is 10.0 Å². The highest BCUT2D eigenvalue weighted by atomic mass is 35.5. The number of anilines is 1. The Bertz CT molecular complexity index is 681. The lowest BCUT2D eigenvalue weighted by atomic mass is 10.1. The fraction of sp³-hybridized carbons (Fsp3) is 0.368. The van der Waals surface area contributed by atoms with E-state index in [9.17, 15) is 0 Å². The van der Waals surface area contributed by atoms with Crippen LogP contribution in [0.3, 0.4) is 0 Å². The molecule has 0 spiro atoms. The summed E-state index contributed by atoms with van der Waals surface area (Å²) in [6.45, 7) is 4.34. The molecule has 2 atom stereocenters. The predicted molar refractivity (Wildman–Crippen MR) is 97.8 cm³/mol. The van der Waals surface area contributed by atoms with Gasteiger partial charge in [-0.25, -0.2) is 0 Å². The van der Waals surface area contributed by atoms with Crippen molar-refractivity contribution in [2.75, 3.05) is 31.1 Å². The average molecular weight is 347 g/mol. The Kier molecular flexibility index (Phi) is 4.23. The van der Waals surface area contributed by atoms with Crippen LogP contribution in [0.2, 0.25) is 10.0 Å². The van der Waals surface area contributed by atoms with Crippen molar-refractivity contribution in [1.82, 2.24) is 4.90 Å². The molecule has 2 aliphatic rings. The highest BCUT2D eigenvalue weighted by Crippen LogP contribution is 2.45. The number of hydrogen-bond acceptors (Lipinski definition) is 2. The van der Waals surface area contributed by atoms with E-state index in [1.807, 2.05) is 12.1 Å². The van der Waals surface area contributed by atoms with Gasteiger partial charge >= 0.3 is 0 Å². The normalized spacial score (nSPS) is 24.7. The van der Waals surface area contributed by atoms with Gasteiger partial charge in [0.1, 0.15) is 0 Å². The van der Waals surface area contributed by atoms with Crippen LogP contribution in [0.25, 0.3) is 0 Å². The molecule has 2 nitrogen and oxygen atoms in total. The first-order valence-corrected chi connectivity index (χ1v) is 8.97. The quantitative estimate of drug-likeness (QED) is 0.796. The molecular formula is C19H20Cl2N2. The summed E-state index contributed by atoms with van der Waals surface area (Å²) in [4.78, 5) is 5.05. The Morgan fingerprint density at radius 1 is 0.826 bits per heavy atom. The molecule has 2 aromatic rings. The van der Waals surface area contributed by atoms with Crippen LogP contribution in [0.1, 0.15) is 17.9 Å². The second kappa shape index (κ2) is 6.35. The Morgan fingerprint density at radius 3 is 2.26 bits per heavy atom. The first-order chi connectivity index (χ1) is 11.2. The third-order valence-electron chi connectivity index (χ3n) is 5.04. The van der Waals surface area contributed by atoms with E-state index < -0.39 is 0 Å². The van der Waals surface area contributed by atoms with Crippen molar-refractivity contribution in [2.45, 2.75) is 18.4 Å². The van der Waals surface area contributed by atoms with E-state index in [1.54, 1.807) is 0 Å². The Hall–Kier alpha value is -1.22. The van der Waals surface area contributed by atoms with Crippen molar-refractivity contribution in [1.29, 1.82) is 0 Å². The van der Waals surface area contributed by atoms with Gasteiger partial charge in [0.25, 0.3) is 0 Å². The maximum atomic E-state index is 6.14. The molecule has 0 aromatic heterocycles. The molecule has 2 aromatic carbocycles. The van der Waals surface area contributed by atoms with Crippen LogP contribution in [0.5, 0.6) is 0 Å². The average Bonchev–Trinajstić information content (AvgIpc) is 3.39. The lowest BCUT2D eigenvalue weighted by molar-refractivity contribution is 0.244. The van der Waals surface area contributed by atoms with Gasteiger partial charge in [-0.2, -0.15) is 0 Å². The topological polar surface area (TPSA) is 6.48 Å². The maximum Gasteiger partial charge on any atom is 0.0612 e. The zero-order valence-corrected chi connectivity index (χ0v) is 14.5. The molecule has 1 aliphatic carbocycles. The Labute approximate surface area is 147 Å². The number of hydrogen-bond donors (Lipinski definition) is 0. The molecule has 1 heterocycles. The molecular weight excluding hydrogens is 327 g/mol. The molecule has 2 fully saturated rings. The molecule has 0 amide bonds. The van der Waals surface area contributed by atoms with Crippen LogP contribution in [0.15, 0.2) is 48.5 Å². The highest BCUT2D eigenvalue weighted by Gasteiger charge is 2.43. The summed E-state index contributed by atoms with van der Waals surface area (Å²) in [6, 6.07) is 17.6. The van der Waals surface area contributed by atoms with Crippen molar-refractivity contribution in [3.8, 4) is 0 Å². The minimum Gasteiger partial charge on any atom is -0.369 e. The minimum absolute atomic E-state index is 0.623. The highest BCUT2D eigenvalue weighted by molar-refractivity contribution is 6.42. The van der Waals surface area contributed by atoms with E-state index in [1.165, 1.54) is 17.7 Å². The van der Waals surface area contributed by atoms with Gasteiger partial charge in [-0.3, -0.25) is 4.90 Å². The van der Waals surface area contributed by atoms with Crippen LogP contribution in [-0.4, -0.2) is 37.1 Å². The van der Waals surface area contributed by atoms with Gasteiger partial charge in [-0.05, 0) is 30.2 Å². The number of rotatable bonds is 3. The van der Waals surface area contributed by atoms with Gasteiger partial charge in [0.05, 0.1) is 10.0 Å². The van der Waals surface area contributed by atoms with Gasteiger partial charge in [0, 0.05) is 43.8 Å². The Balaban J connectivity index is 1.36. The van der Waals surface area contributed by atoms with Gasteiger partial charge in [0.15, 0.2) is 0 Å². The van der Waals surface area contributed by atoms with Crippen LogP contribution in [-0.2, 0) is 0 Å². The summed E-state index contributed by atoms with van der Waals surface area (Å²) < 4.78 is 0. The predicted octanol–water partition coefficient (Wildman–Crippen LogP) is 4.67. The Morgan fingerprint density at radius 2 is 1.57 bits per heavy atom. The SMILES string of the molecule is Clc1ccc(N2CCN([C@@H]3C[C@H]3c3ccccc3)CC2)cc1Cl. The second-order valence-electron chi connectivity index (χ2n) is 6.44. The van der Waals surface area contributed by atoms with Crippen LogP contribution >= 0.6 is 23.2 Å². The van der Waals surface area contributed by atoms with Gasteiger partial charge < -0.3 is 4.90 Å². The standard InChI is InChI=1S/C19H20Cl2N2/c20-17-7-6-15(12-18(17)21)22-8-10-23(11-9-22)19-13-16(19)14-4-2-1-3-5-14/h1-7,12,16,19H,8-11,13H2/t16-,19+/m0/s1. The van der Waals surface area contributed by atoms with Crippen LogP contribution < -0.4 is 4.90 Å². The van der Waals surface area contributed by atoms with E-state index in [2.05, 4.69) is 46.2 Å². The van der Waals surface area contributed by atoms with Gasteiger partial charge in [-0.1, -0.05) is 53.5 Å². The smallest absolute Gasteiger partial charge is 0.0612 e. The molecule has 0 radical (unpaired) electrons. The van der Waals surface area contributed by atoms with Gasteiger partial charge in [0.2, 0.25) is 0 Å². The summed E-state index contributed by atoms with van der Waals surface area (Å²) in [5.74, 6) is 0.729. The maximum absolute atomic E-state index is 6.14. The second-order valence-corrected chi connectivity index (χ2v) is 7.26. The van der Waals surface area contributed by atoms with E-state index in [4.69, 9.17) is 23.2 Å². The zero-order valence-electron chi connectivity index (χ0n) is 13.0. The molecule has 120 valence electrons. The van der Waals surface area contributed by atoms with Crippen molar-refractivity contribution in [3.63, 3.8) is 0 Å². The number of nitrogens with zero attached hydrogens (tertiary/aromatic N) is 2. The van der Waals surface area contributed by atoms with E-state index in [0.717, 1.165) is 38.1 Å². The van der Waals surface area contributed by atoms with Crippen molar-refractivity contribution < 1.29 is 0 Å². The van der Waals surface area contributed by atoms with Crippen molar-refractivity contribution >= 4 is 28.9 Å². The molecule has 4 heteroatoms. The lowest BCUT2D eigenvalue weighted by Gasteiger charge is -2.36. The zero-order chi connectivity index (χ0) is 15.8. The first kappa shape index (κ1) is 15.3. The summed E-state index contributed by atoms with van der Waals surface area (Å²) in [5.41, 5.74) is 2.67. The largest absolute Gasteiger partial charge is 0.369 e. The summed E-state index contributed by atoms with van der Waals surface area (Å²) >= 11 is 12.1.